The number of anilines is 1. The van der Waals surface area contributed by atoms with Gasteiger partial charge in [-0.2, -0.15) is 0 Å². The lowest BCUT2D eigenvalue weighted by atomic mass is 10.1. The summed E-state index contributed by atoms with van der Waals surface area (Å²) in [5, 5.41) is 0. The number of aryl methyl sites for hydroxylation is 1. The van der Waals surface area contributed by atoms with E-state index in [1.807, 2.05) is 13.8 Å². The Morgan fingerprint density at radius 1 is 1.40 bits per heavy atom. The fourth-order valence-corrected chi connectivity index (χ4v) is 1.35. The highest BCUT2D eigenvalue weighted by Gasteiger charge is 2.05. The van der Waals surface area contributed by atoms with E-state index in [0.29, 0.717) is 6.61 Å². The summed E-state index contributed by atoms with van der Waals surface area (Å²) in [6, 6.07) is 0. The predicted molar refractivity (Wildman–Crippen MR) is 62.7 cm³/mol. The Balaban J connectivity index is 2.58. The Labute approximate surface area is 91.7 Å². The van der Waals surface area contributed by atoms with Gasteiger partial charge in [0.05, 0.1) is 12.3 Å². The third-order valence-corrected chi connectivity index (χ3v) is 2.56. The van der Waals surface area contributed by atoms with Crippen LogP contribution in [-0.2, 0) is 11.3 Å². The minimum Gasteiger partial charge on any atom is -0.398 e. The average Bonchev–Trinajstić information content (AvgIpc) is 2.24. The summed E-state index contributed by atoms with van der Waals surface area (Å²) in [5.74, 6) is 0. The molecular formula is C12H20N2O. The summed E-state index contributed by atoms with van der Waals surface area (Å²) in [5.41, 5.74) is 9.78. The van der Waals surface area contributed by atoms with Gasteiger partial charge in [0.25, 0.3) is 0 Å². The topological polar surface area (TPSA) is 48.1 Å². The van der Waals surface area contributed by atoms with E-state index in [4.69, 9.17) is 10.5 Å². The van der Waals surface area contributed by atoms with Gasteiger partial charge in [-0.25, -0.2) is 0 Å². The number of nitrogens with two attached hydrogens (primary N) is 1. The van der Waals surface area contributed by atoms with Crippen LogP contribution < -0.4 is 5.73 Å². The van der Waals surface area contributed by atoms with Gasteiger partial charge in [-0.1, -0.05) is 13.3 Å². The van der Waals surface area contributed by atoms with Crippen LogP contribution in [0.15, 0.2) is 6.20 Å². The lowest BCUT2D eigenvalue weighted by Gasteiger charge is -2.10. The van der Waals surface area contributed by atoms with Gasteiger partial charge in [-0.3, -0.25) is 4.98 Å². The molecule has 1 aromatic heterocycles. The fraction of sp³-hybridized carbons (Fsp3) is 0.583. The standard InChI is InChI=1S/C12H20N2O/c1-4-5-6-15-8-11-10(3)12(13)9(2)7-14-11/h7H,4-6,8H2,1-3H3,(H2,13,14). The number of nitrogen functional groups attached to an aromatic ring is 1. The van der Waals surface area contributed by atoms with Crippen molar-refractivity contribution in [3.8, 4) is 0 Å². The first-order valence-electron chi connectivity index (χ1n) is 5.45. The third-order valence-electron chi connectivity index (χ3n) is 2.56. The molecule has 2 N–H and O–H groups in total. The maximum Gasteiger partial charge on any atom is 0.0891 e. The first-order valence-corrected chi connectivity index (χ1v) is 5.45. The van der Waals surface area contributed by atoms with Crippen molar-refractivity contribution in [2.24, 2.45) is 0 Å². The molecule has 0 aliphatic heterocycles. The highest BCUT2D eigenvalue weighted by molar-refractivity contribution is 5.53. The van der Waals surface area contributed by atoms with E-state index in [1.54, 1.807) is 6.20 Å². The van der Waals surface area contributed by atoms with Crippen LogP contribution in [0.4, 0.5) is 5.69 Å². The zero-order chi connectivity index (χ0) is 11.3. The molecule has 0 aliphatic rings. The van der Waals surface area contributed by atoms with E-state index in [1.165, 1.54) is 0 Å². The second kappa shape index (κ2) is 5.71. The number of nitrogens with zero attached hydrogens (tertiary/aromatic N) is 1. The van der Waals surface area contributed by atoms with Crippen molar-refractivity contribution in [3.05, 3.63) is 23.0 Å². The Kier molecular flexibility index (Phi) is 4.56. The quantitative estimate of drug-likeness (QED) is 0.757. The Morgan fingerprint density at radius 2 is 2.13 bits per heavy atom. The molecule has 1 aromatic rings. The first kappa shape index (κ1) is 12.0. The second-order valence-electron chi connectivity index (χ2n) is 3.83. The van der Waals surface area contributed by atoms with E-state index in [-0.39, 0.29) is 0 Å². The first-order chi connectivity index (χ1) is 7.16. The molecule has 0 spiro atoms. The molecule has 0 aromatic carbocycles. The monoisotopic (exact) mass is 208 g/mol. The van der Waals surface area contributed by atoms with Gasteiger partial charge < -0.3 is 10.5 Å². The second-order valence-corrected chi connectivity index (χ2v) is 3.83. The maximum absolute atomic E-state index is 5.92. The SMILES string of the molecule is CCCCOCc1ncc(C)c(N)c1C. The third kappa shape index (κ3) is 3.20. The molecule has 0 radical (unpaired) electrons. The summed E-state index contributed by atoms with van der Waals surface area (Å²) in [7, 11) is 0. The van der Waals surface area contributed by atoms with Crippen molar-refractivity contribution in [3.63, 3.8) is 0 Å². The Bertz CT molecular complexity index is 324. The largest absolute Gasteiger partial charge is 0.398 e. The van der Waals surface area contributed by atoms with Crippen molar-refractivity contribution in [2.45, 2.75) is 40.2 Å². The van der Waals surface area contributed by atoms with Crippen LogP contribution in [0, 0.1) is 13.8 Å². The molecule has 0 aliphatic carbocycles. The van der Waals surface area contributed by atoms with Gasteiger partial charge in [-0.15, -0.1) is 0 Å². The molecule has 0 fully saturated rings. The van der Waals surface area contributed by atoms with Crippen molar-refractivity contribution in [1.29, 1.82) is 0 Å². The Hall–Kier alpha value is -1.09. The van der Waals surface area contributed by atoms with Crippen molar-refractivity contribution >= 4 is 5.69 Å². The molecule has 0 saturated carbocycles. The van der Waals surface area contributed by atoms with Gasteiger partial charge >= 0.3 is 0 Å². The van der Waals surface area contributed by atoms with Crippen LogP contribution in [-0.4, -0.2) is 11.6 Å². The molecule has 0 bridgehead atoms. The lowest BCUT2D eigenvalue weighted by molar-refractivity contribution is 0.115. The Morgan fingerprint density at radius 3 is 2.80 bits per heavy atom. The molecule has 0 atom stereocenters. The van der Waals surface area contributed by atoms with E-state index >= 15 is 0 Å². The molecule has 3 nitrogen and oxygen atoms in total. The van der Waals surface area contributed by atoms with E-state index in [9.17, 15) is 0 Å². The molecular weight excluding hydrogens is 188 g/mol. The average molecular weight is 208 g/mol. The number of unbranched alkanes of at least 4 members (excludes halogenated alkanes) is 1. The van der Waals surface area contributed by atoms with Crippen LogP contribution >= 0.6 is 0 Å². The molecule has 3 heteroatoms. The van der Waals surface area contributed by atoms with E-state index in [0.717, 1.165) is 42.0 Å². The maximum atomic E-state index is 5.92. The summed E-state index contributed by atoms with van der Waals surface area (Å²) in [4.78, 5) is 4.33. The van der Waals surface area contributed by atoms with Crippen molar-refractivity contribution < 1.29 is 4.74 Å². The van der Waals surface area contributed by atoms with Gasteiger partial charge in [-0.05, 0) is 31.4 Å². The number of pyridine rings is 1. The van der Waals surface area contributed by atoms with Gasteiger partial charge in [0.15, 0.2) is 0 Å². The molecule has 0 saturated heterocycles. The summed E-state index contributed by atoms with van der Waals surface area (Å²) < 4.78 is 5.52. The van der Waals surface area contributed by atoms with Crippen LogP contribution in [0.25, 0.3) is 0 Å². The zero-order valence-electron chi connectivity index (χ0n) is 9.84. The number of hydrogen-bond acceptors (Lipinski definition) is 3. The summed E-state index contributed by atoms with van der Waals surface area (Å²) in [6.07, 6.45) is 4.06. The van der Waals surface area contributed by atoms with E-state index < -0.39 is 0 Å². The molecule has 84 valence electrons. The van der Waals surface area contributed by atoms with Crippen LogP contribution in [0.5, 0.6) is 0 Å². The van der Waals surface area contributed by atoms with Gasteiger partial charge in [0.1, 0.15) is 0 Å². The minimum atomic E-state index is 0.566. The number of rotatable bonds is 5. The van der Waals surface area contributed by atoms with E-state index in [2.05, 4.69) is 11.9 Å². The zero-order valence-corrected chi connectivity index (χ0v) is 9.84. The van der Waals surface area contributed by atoms with Gasteiger partial charge in [0.2, 0.25) is 0 Å². The van der Waals surface area contributed by atoms with Crippen molar-refractivity contribution in [2.75, 3.05) is 12.3 Å². The molecule has 15 heavy (non-hydrogen) atoms. The molecule has 0 unspecified atom stereocenters. The van der Waals surface area contributed by atoms with Crippen LogP contribution in [0.2, 0.25) is 0 Å². The molecule has 1 heterocycles. The van der Waals surface area contributed by atoms with Gasteiger partial charge in [0, 0.05) is 18.5 Å². The lowest BCUT2D eigenvalue weighted by Crippen LogP contribution is -2.04. The highest BCUT2D eigenvalue weighted by atomic mass is 16.5. The van der Waals surface area contributed by atoms with Crippen LogP contribution in [0.1, 0.15) is 36.6 Å². The smallest absolute Gasteiger partial charge is 0.0891 e. The predicted octanol–water partition coefficient (Wildman–Crippen LogP) is 2.60. The highest BCUT2D eigenvalue weighted by Crippen LogP contribution is 2.18. The number of hydrogen-bond donors (Lipinski definition) is 1. The molecule has 0 amide bonds. The normalized spacial score (nSPS) is 10.6. The summed E-state index contributed by atoms with van der Waals surface area (Å²) in [6.45, 7) is 7.48. The van der Waals surface area contributed by atoms with Crippen LogP contribution in [0.3, 0.4) is 0 Å². The van der Waals surface area contributed by atoms with Crippen molar-refractivity contribution in [1.82, 2.24) is 4.98 Å². The number of ether oxygens (including phenoxy) is 1. The minimum absolute atomic E-state index is 0.566. The number of aromatic nitrogens is 1. The fourth-order valence-electron chi connectivity index (χ4n) is 1.35. The molecule has 1 rings (SSSR count). The summed E-state index contributed by atoms with van der Waals surface area (Å²) >= 11 is 0.